The normalized spacial score (nSPS) is 25.0. The van der Waals surface area contributed by atoms with Crippen molar-refractivity contribution in [3.8, 4) is 0 Å². The molecular formula is C18H30N2O. The Morgan fingerprint density at radius 2 is 1.90 bits per heavy atom. The van der Waals surface area contributed by atoms with Gasteiger partial charge in [-0.05, 0) is 69.3 Å². The molecule has 118 valence electrons. The van der Waals surface area contributed by atoms with Crippen molar-refractivity contribution in [2.75, 3.05) is 26.7 Å². The van der Waals surface area contributed by atoms with Gasteiger partial charge < -0.3 is 10.5 Å². The molecule has 0 aliphatic carbocycles. The maximum absolute atomic E-state index is 6.14. The number of aryl methyl sites for hydroxylation is 3. The molecule has 1 aromatic rings. The number of rotatable bonds is 4. The lowest BCUT2D eigenvalue weighted by molar-refractivity contribution is -0.0608. The molecule has 1 aromatic carbocycles. The summed E-state index contributed by atoms with van der Waals surface area (Å²) in [6, 6.07) is 4.90. The van der Waals surface area contributed by atoms with Crippen LogP contribution in [0.2, 0.25) is 0 Å². The summed E-state index contributed by atoms with van der Waals surface area (Å²) in [5.41, 5.74) is 11.5. The van der Waals surface area contributed by atoms with Crippen LogP contribution in [-0.2, 0) is 4.74 Å². The van der Waals surface area contributed by atoms with Gasteiger partial charge in [0.25, 0.3) is 0 Å². The first-order chi connectivity index (χ1) is 9.90. The summed E-state index contributed by atoms with van der Waals surface area (Å²) in [4.78, 5) is 2.50. The van der Waals surface area contributed by atoms with E-state index in [-0.39, 0.29) is 5.60 Å². The molecule has 1 aliphatic rings. The molecule has 0 radical (unpaired) electrons. The van der Waals surface area contributed by atoms with Crippen LogP contribution in [0.15, 0.2) is 12.1 Å². The third-order valence-corrected chi connectivity index (χ3v) is 5.09. The highest BCUT2D eigenvalue weighted by molar-refractivity contribution is 5.38. The van der Waals surface area contributed by atoms with Crippen LogP contribution in [0.1, 0.15) is 48.1 Å². The van der Waals surface area contributed by atoms with Crippen molar-refractivity contribution in [2.24, 2.45) is 5.73 Å². The highest BCUT2D eigenvalue weighted by atomic mass is 16.5. The van der Waals surface area contributed by atoms with Crippen LogP contribution in [0.3, 0.4) is 0 Å². The fourth-order valence-corrected chi connectivity index (χ4v) is 3.49. The molecule has 1 heterocycles. The summed E-state index contributed by atoms with van der Waals surface area (Å²) in [6.45, 7) is 11.5. The number of methoxy groups -OCH3 is 1. The molecule has 3 heteroatoms. The molecular weight excluding hydrogens is 260 g/mol. The Balaban J connectivity index is 2.29. The van der Waals surface area contributed by atoms with Crippen LogP contribution in [0.25, 0.3) is 0 Å². The van der Waals surface area contributed by atoms with Crippen molar-refractivity contribution in [3.05, 3.63) is 34.4 Å². The smallest absolute Gasteiger partial charge is 0.0777 e. The Kier molecular flexibility index (Phi) is 5.07. The van der Waals surface area contributed by atoms with Crippen LogP contribution in [-0.4, -0.2) is 37.2 Å². The second kappa shape index (κ2) is 6.47. The van der Waals surface area contributed by atoms with E-state index in [0.29, 0.717) is 12.6 Å². The molecule has 0 saturated carbocycles. The van der Waals surface area contributed by atoms with Gasteiger partial charge in [-0.1, -0.05) is 12.1 Å². The molecule has 0 spiro atoms. The number of likely N-dealkylation sites (tertiary alicyclic amines) is 1. The van der Waals surface area contributed by atoms with Crippen LogP contribution in [0.5, 0.6) is 0 Å². The van der Waals surface area contributed by atoms with Gasteiger partial charge in [0, 0.05) is 26.2 Å². The number of piperidine rings is 1. The Labute approximate surface area is 129 Å². The third kappa shape index (κ3) is 3.47. The van der Waals surface area contributed by atoms with Crippen LogP contribution >= 0.6 is 0 Å². The van der Waals surface area contributed by atoms with Crippen molar-refractivity contribution in [3.63, 3.8) is 0 Å². The molecule has 2 unspecified atom stereocenters. The minimum Gasteiger partial charge on any atom is -0.377 e. The van der Waals surface area contributed by atoms with E-state index < -0.39 is 0 Å². The lowest BCUT2D eigenvalue weighted by Crippen LogP contribution is -2.50. The Morgan fingerprint density at radius 3 is 2.52 bits per heavy atom. The van der Waals surface area contributed by atoms with E-state index in [2.05, 4.69) is 44.7 Å². The first-order valence-electron chi connectivity index (χ1n) is 7.97. The standard InChI is InChI=1S/C18H30N2O/c1-13-9-15(3)16(10-14(13)2)17(11-19)20-8-6-7-18(4,12-20)21-5/h9-10,17H,6-8,11-12,19H2,1-5H3. The fraction of sp³-hybridized carbons (Fsp3) is 0.667. The number of hydrogen-bond acceptors (Lipinski definition) is 3. The molecule has 2 rings (SSSR count). The van der Waals surface area contributed by atoms with Crippen LogP contribution in [0.4, 0.5) is 0 Å². The van der Waals surface area contributed by atoms with Crippen molar-refractivity contribution in [1.29, 1.82) is 0 Å². The Hall–Kier alpha value is -0.900. The zero-order chi connectivity index (χ0) is 15.6. The zero-order valence-electron chi connectivity index (χ0n) is 14.2. The molecule has 1 aliphatic heterocycles. The maximum Gasteiger partial charge on any atom is 0.0777 e. The lowest BCUT2D eigenvalue weighted by atomic mass is 9.90. The summed E-state index contributed by atoms with van der Waals surface area (Å²) in [6.07, 6.45) is 2.30. The first kappa shape index (κ1) is 16.5. The number of ether oxygens (including phenoxy) is 1. The average molecular weight is 290 g/mol. The number of hydrogen-bond donors (Lipinski definition) is 1. The van der Waals surface area contributed by atoms with E-state index in [9.17, 15) is 0 Å². The van der Waals surface area contributed by atoms with Gasteiger partial charge in [0.15, 0.2) is 0 Å². The summed E-state index contributed by atoms with van der Waals surface area (Å²) in [5, 5.41) is 0. The molecule has 1 saturated heterocycles. The minimum absolute atomic E-state index is 0.0423. The molecule has 1 fully saturated rings. The molecule has 0 amide bonds. The highest BCUT2D eigenvalue weighted by Crippen LogP contribution is 2.32. The van der Waals surface area contributed by atoms with E-state index in [1.807, 2.05) is 7.11 Å². The number of benzene rings is 1. The SMILES string of the molecule is COC1(C)CCCN(C(CN)c2cc(C)c(C)cc2C)C1. The molecule has 2 N–H and O–H groups in total. The maximum atomic E-state index is 6.14. The summed E-state index contributed by atoms with van der Waals surface area (Å²) in [5.74, 6) is 0. The topological polar surface area (TPSA) is 38.5 Å². The minimum atomic E-state index is -0.0423. The second-order valence-corrected chi connectivity index (χ2v) is 6.77. The second-order valence-electron chi connectivity index (χ2n) is 6.77. The van der Waals surface area contributed by atoms with E-state index in [4.69, 9.17) is 10.5 Å². The molecule has 0 bridgehead atoms. The van der Waals surface area contributed by atoms with Crippen LogP contribution < -0.4 is 5.73 Å². The Morgan fingerprint density at radius 1 is 1.24 bits per heavy atom. The first-order valence-corrected chi connectivity index (χ1v) is 7.97. The van der Waals surface area contributed by atoms with Gasteiger partial charge in [0.2, 0.25) is 0 Å². The van der Waals surface area contributed by atoms with Gasteiger partial charge in [0.1, 0.15) is 0 Å². The molecule has 21 heavy (non-hydrogen) atoms. The van der Waals surface area contributed by atoms with Crippen molar-refractivity contribution in [2.45, 2.75) is 52.2 Å². The molecule has 0 aromatic heterocycles. The third-order valence-electron chi connectivity index (χ3n) is 5.09. The summed E-state index contributed by atoms with van der Waals surface area (Å²) >= 11 is 0. The average Bonchev–Trinajstić information content (AvgIpc) is 2.45. The van der Waals surface area contributed by atoms with Crippen LogP contribution in [0, 0.1) is 20.8 Å². The van der Waals surface area contributed by atoms with Crippen molar-refractivity contribution >= 4 is 0 Å². The predicted octanol–water partition coefficient (Wildman–Crippen LogP) is 3.11. The van der Waals surface area contributed by atoms with Gasteiger partial charge in [-0.25, -0.2) is 0 Å². The van der Waals surface area contributed by atoms with Gasteiger partial charge in [0.05, 0.1) is 5.60 Å². The highest BCUT2D eigenvalue weighted by Gasteiger charge is 2.34. The Bertz CT molecular complexity index is 500. The summed E-state index contributed by atoms with van der Waals surface area (Å²) < 4.78 is 5.73. The largest absolute Gasteiger partial charge is 0.377 e. The molecule has 2 atom stereocenters. The van der Waals surface area contributed by atoms with Crippen molar-refractivity contribution in [1.82, 2.24) is 4.90 Å². The van der Waals surface area contributed by atoms with Gasteiger partial charge in [-0.15, -0.1) is 0 Å². The fourth-order valence-electron chi connectivity index (χ4n) is 3.49. The van der Waals surface area contributed by atoms with Gasteiger partial charge in [-0.2, -0.15) is 0 Å². The van der Waals surface area contributed by atoms with Crippen molar-refractivity contribution < 1.29 is 4.74 Å². The van der Waals surface area contributed by atoms with E-state index in [1.54, 1.807) is 0 Å². The van der Waals surface area contributed by atoms with E-state index in [1.165, 1.54) is 28.7 Å². The number of nitrogens with two attached hydrogens (primary N) is 1. The predicted molar refractivity (Wildman–Crippen MR) is 88.7 cm³/mol. The van der Waals surface area contributed by atoms with Gasteiger partial charge in [-0.3, -0.25) is 4.90 Å². The lowest BCUT2D eigenvalue weighted by Gasteiger charge is -2.43. The van der Waals surface area contributed by atoms with E-state index in [0.717, 1.165) is 19.5 Å². The monoisotopic (exact) mass is 290 g/mol. The van der Waals surface area contributed by atoms with Gasteiger partial charge >= 0.3 is 0 Å². The summed E-state index contributed by atoms with van der Waals surface area (Å²) in [7, 11) is 1.82. The van der Waals surface area contributed by atoms with E-state index >= 15 is 0 Å². The molecule has 3 nitrogen and oxygen atoms in total. The zero-order valence-corrected chi connectivity index (χ0v) is 14.2. The number of nitrogens with zero attached hydrogens (tertiary/aromatic N) is 1. The quantitative estimate of drug-likeness (QED) is 0.926.